The van der Waals surface area contributed by atoms with Crippen LogP contribution in [0.25, 0.3) is 0 Å². The molecule has 0 spiro atoms. The maximum absolute atomic E-state index is 10.7. The quantitative estimate of drug-likeness (QED) is 0.626. The molecule has 0 radical (unpaired) electrons. The average molecular weight is 154 g/mol. The average Bonchev–Trinajstić information content (AvgIpc) is 2.30. The van der Waals surface area contributed by atoms with Crippen LogP contribution in [0.3, 0.4) is 0 Å². The summed E-state index contributed by atoms with van der Waals surface area (Å²) in [5, 5.41) is 8.80. The summed E-state index contributed by atoms with van der Waals surface area (Å²) in [5.41, 5.74) is 0. The van der Waals surface area contributed by atoms with E-state index in [1.54, 1.807) is 0 Å². The highest BCUT2D eigenvalue weighted by Gasteiger charge is 2.36. The van der Waals surface area contributed by atoms with Crippen molar-refractivity contribution in [2.24, 2.45) is 17.8 Å². The van der Waals surface area contributed by atoms with Crippen molar-refractivity contribution in [3.8, 4) is 0 Å². The SMILES string of the molecule is O=C(O)C1C[C@@H]2CC[C@@H](C1)C2. The van der Waals surface area contributed by atoms with E-state index in [0.29, 0.717) is 0 Å². The Bertz CT molecular complexity index is 164. The highest BCUT2D eigenvalue weighted by Crippen LogP contribution is 2.44. The molecule has 11 heavy (non-hydrogen) atoms. The monoisotopic (exact) mass is 154 g/mol. The van der Waals surface area contributed by atoms with Crippen molar-refractivity contribution in [2.45, 2.75) is 32.1 Å². The number of aliphatic carboxylic acids is 1. The van der Waals surface area contributed by atoms with Gasteiger partial charge in [-0.25, -0.2) is 0 Å². The smallest absolute Gasteiger partial charge is 0.306 e. The van der Waals surface area contributed by atoms with E-state index in [9.17, 15) is 4.79 Å². The van der Waals surface area contributed by atoms with E-state index < -0.39 is 5.97 Å². The van der Waals surface area contributed by atoms with Gasteiger partial charge in [0.1, 0.15) is 0 Å². The van der Waals surface area contributed by atoms with Gasteiger partial charge in [-0.15, -0.1) is 0 Å². The van der Waals surface area contributed by atoms with Crippen LogP contribution in [0.1, 0.15) is 32.1 Å². The van der Waals surface area contributed by atoms with E-state index in [1.807, 2.05) is 0 Å². The van der Waals surface area contributed by atoms with Crippen LogP contribution in [0.5, 0.6) is 0 Å². The minimum absolute atomic E-state index is 0.0127. The highest BCUT2D eigenvalue weighted by atomic mass is 16.4. The lowest BCUT2D eigenvalue weighted by Gasteiger charge is -2.24. The summed E-state index contributed by atoms with van der Waals surface area (Å²) in [6.07, 6.45) is 5.78. The standard InChI is InChI=1S/C9H14O2/c10-9(11)8-4-6-1-2-7(3-6)5-8/h6-8H,1-5H2,(H,10,11)/t6-,7-/m1/s1. The Labute approximate surface area is 66.6 Å². The Kier molecular flexibility index (Phi) is 1.63. The largest absolute Gasteiger partial charge is 0.481 e. The number of carboxylic acids is 1. The molecule has 0 amide bonds. The summed E-state index contributed by atoms with van der Waals surface area (Å²) in [4.78, 5) is 10.7. The molecule has 2 rings (SSSR count). The summed E-state index contributed by atoms with van der Waals surface area (Å²) in [6.45, 7) is 0. The molecule has 62 valence electrons. The van der Waals surface area contributed by atoms with Gasteiger partial charge in [-0.2, -0.15) is 0 Å². The van der Waals surface area contributed by atoms with Crippen molar-refractivity contribution in [2.75, 3.05) is 0 Å². The van der Waals surface area contributed by atoms with Crippen LogP contribution in [0.4, 0.5) is 0 Å². The third-order valence-corrected chi connectivity index (χ3v) is 3.23. The number of carboxylic acid groups (broad SMARTS) is 1. The first kappa shape index (κ1) is 7.14. The number of carbonyl (C=O) groups is 1. The van der Waals surface area contributed by atoms with E-state index in [4.69, 9.17) is 5.11 Å². The molecule has 2 nitrogen and oxygen atoms in total. The molecule has 1 N–H and O–H groups in total. The number of fused-ring (bicyclic) bond motifs is 2. The van der Waals surface area contributed by atoms with Gasteiger partial charge in [0, 0.05) is 0 Å². The fourth-order valence-electron chi connectivity index (χ4n) is 2.71. The maximum atomic E-state index is 10.7. The molecule has 2 aliphatic carbocycles. The van der Waals surface area contributed by atoms with Gasteiger partial charge in [0.15, 0.2) is 0 Å². The minimum Gasteiger partial charge on any atom is -0.481 e. The number of hydrogen-bond acceptors (Lipinski definition) is 1. The lowest BCUT2D eigenvalue weighted by Crippen LogP contribution is -2.22. The van der Waals surface area contributed by atoms with Gasteiger partial charge in [0.05, 0.1) is 5.92 Å². The summed E-state index contributed by atoms with van der Waals surface area (Å²) >= 11 is 0. The van der Waals surface area contributed by atoms with E-state index in [0.717, 1.165) is 24.7 Å². The molecule has 0 heterocycles. The zero-order valence-electron chi connectivity index (χ0n) is 6.62. The summed E-state index contributed by atoms with van der Waals surface area (Å²) in [7, 11) is 0. The molecule has 2 saturated carbocycles. The first-order valence-electron chi connectivity index (χ1n) is 4.48. The van der Waals surface area contributed by atoms with Crippen LogP contribution < -0.4 is 0 Å². The fraction of sp³-hybridized carbons (Fsp3) is 0.889. The molecule has 0 aromatic carbocycles. The van der Waals surface area contributed by atoms with Crippen molar-refractivity contribution < 1.29 is 9.90 Å². The molecule has 2 aliphatic rings. The van der Waals surface area contributed by atoms with Gasteiger partial charge < -0.3 is 5.11 Å². The zero-order valence-corrected chi connectivity index (χ0v) is 6.62. The predicted molar refractivity (Wildman–Crippen MR) is 41.2 cm³/mol. The van der Waals surface area contributed by atoms with Gasteiger partial charge in [-0.3, -0.25) is 4.79 Å². The zero-order chi connectivity index (χ0) is 7.84. The second kappa shape index (κ2) is 2.50. The van der Waals surface area contributed by atoms with Crippen LogP contribution in [0, 0.1) is 17.8 Å². The van der Waals surface area contributed by atoms with E-state index >= 15 is 0 Å². The van der Waals surface area contributed by atoms with Crippen LogP contribution in [-0.4, -0.2) is 11.1 Å². The van der Waals surface area contributed by atoms with Gasteiger partial charge in [-0.1, -0.05) is 12.8 Å². The molecular weight excluding hydrogens is 140 g/mol. The summed E-state index contributed by atoms with van der Waals surface area (Å²) < 4.78 is 0. The number of hydrogen-bond donors (Lipinski definition) is 1. The second-order valence-corrected chi connectivity index (χ2v) is 4.05. The molecule has 0 saturated heterocycles. The van der Waals surface area contributed by atoms with Gasteiger partial charge >= 0.3 is 5.97 Å². The predicted octanol–water partition coefficient (Wildman–Crippen LogP) is 1.90. The molecule has 2 bridgehead atoms. The second-order valence-electron chi connectivity index (χ2n) is 4.05. The lowest BCUT2D eigenvalue weighted by atomic mass is 9.81. The van der Waals surface area contributed by atoms with Gasteiger partial charge in [0.2, 0.25) is 0 Å². The van der Waals surface area contributed by atoms with Crippen molar-refractivity contribution in [3.05, 3.63) is 0 Å². The fourth-order valence-corrected chi connectivity index (χ4v) is 2.71. The molecule has 2 fully saturated rings. The number of rotatable bonds is 1. The molecule has 0 aromatic heterocycles. The lowest BCUT2D eigenvalue weighted by molar-refractivity contribution is -0.143. The van der Waals surface area contributed by atoms with Crippen LogP contribution >= 0.6 is 0 Å². The van der Waals surface area contributed by atoms with Crippen LogP contribution in [0.15, 0.2) is 0 Å². The van der Waals surface area contributed by atoms with Crippen LogP contribution in [-0.2, 0) is 4.79 Å². The topological polar surface area (TPSA) is 37.3 Å². The van der Waals surface area contributed by atoms with E-state index in [-0.39, 0.29) is 5.92 Å². The Balaban J connectivity index is 2.02. The van der Waals surface area contributed by atoms with Crippen molar-refractivity contribution in [3.63, 3.8) is 0 Å². The first-order chi connectivity index (χ1) is 5.25. The van der Waals surface area contributed by atoms with Crippen molar-refractivity contribution in [1.29, 1.82) is 0 Å². The Hall–Kier alpha value is -0.530. The minimum atomic E-state index is -0.568. The van der Waals surface area contributed by atoms with Crippen LogP contribution in [0.2, 0.25) is 0 Å². The maximum Gasteiger partial charge on any atom is 0.306 e. The van der Waals surface area contributed by atoms with Crippen molar-refractivity contribution >= 4 is 5.97 Å². The highest BCUT2D eigenvalue weighted by molar-refractivity contribution is 5.70. The molecule has 2 atom stereocenters. The van der Waals surface area contributed by atoms with Crippen molar-refractivity contribution in [1.82, 2.24) is 0 Å². The Morgan fingerprint density at radius 3 is 2.09 bits per heavy atom. The van der Waals surface area contributed by atoms with E-state index in [1.165, 1.54) is 19.3 Å². The molecule has 0 aromatic rings. The third-order valence-electron chi connectivity index (χ3n) is 3.23. The summed E-state index contributed by atoms with van der Waals surface area (Å²) in [6, 6.07) is 0. The summed E-state index contributed by atoms with van der Waals surface area (Å²) in [5.74, 6) is 0.910. The first-order valence-corrected chi connectivity index (χ1v) is 4.48. The normalized spacial score (nSPS) is 42.4. The molecule has 0 unspecified atom stereocenters. The molecule has 2 heteroatoms. The van der Waals surface area contributed by atoms with Gasteiger partial charge in [0.25, 0.3) is 0 Å². The molecular formula is C9H14O2. The van der Waals surface area contributed by atoms with Gasteiger partial charge in [-0.05, 0) is 31.1 Å². The third kappa shape index (κ3) is 1.26. The Morgan fingerprint density at radius 1 is 1.09 bits per heavy atom. The van der Waals surface area contributed by atoms with E-state index in [2.05, 4.69) is 0 Å². The Morgan fingerprint density at radius 2 is 1.64 bits per heavy atom. The molecule has 0 aliphatic heterocycles.